The topological polar surface area (TPSA) is 66.5 Å². The summed E-state index contributed by atoms with van der Waals surface area (Å²) in [5.41, 5.74) is 0.272. The molecule has 5 nitrogen and oxygen atoms in total. The van der Waals surface area contributed by atoms with Crippen LogP contribution in [0.4, 0.5) is 17.6 Å². The highest BCUT2D eigenvalue weighted by Gasteiger charge is 2.30. The highest BCUT2D eigenvalue weighted by molar-refractivity contribution is 7.89. The zero-order chi connectivity index (χ0) is 21.9. The molecule has 0 spiro atoms. The highest BCUT2D eigenvalue weighted by Crippen LogP contribution is 2.25. The van der Waals surface area contributed by atoms with Gasteiger partial charge in [-0.1, -0.05) is 12.1 Å². The van der Waals surface area contributed by atoms with Crippen molar-refractivity contribution < 1.29 is 30.8 Å². The summed E-state index contributed by atoms with van der Waals surface area (Å²) in [6.45, 7) is 1.08. The number of nitrogens with one attached hydrogen (secondary N) is 1. The molecule has 0 saturated carbocycles. The molecule has 1 N–H and O–H groups in total. The van der Waals surface area contributed by atoms with Gasteiger partial charge >= 0.3 is 0 Å². The zero-order valence-corrected chi connectivity index (χ0v) is 16.7. The number of carbonyl (C=O) groups is 1. The number of hydrogen-bond acceptors (Lipinski definition) is 3. The molecule has 2 aromatic carbocycles. The van der Waals surface area contributed by atoms with Crippen molar-refractivity contribution in [1.29, 1.82) is 0 Å². The van der Waals surface area contributed by atoms with Crippen molar-refractivity contribution in [2.45, 2.75) is 36.6 Å². The first kappa shape index (κ1) is 22.2. The molecule has 1 aliphatic rings. The summed E-state index contributed by atoms with van der Waals surface area (Å²) in [5, 5.41) is 0. The number of hydrogen-bond donors (Lipinski definition) is 1. The maximum Gasteiger partial charge on any atom is 0.244 e. The molecule has 0 unspecified atom stereocenters. The maximum absolute atomic E-state index is 14.1. The molecule has 0 bridgehead atoms. The number of piperidine rings is 1. The van der Waals surface area contributed by atoms with Crippen LogP contribution in [0, 0.1) is 23.3 Å². The number of benzene rings is 2. The van der Waals surface area contributed by atoms with Gasteiger partial charge in [-0.3, -0.25) is 4.79 Å². The minimum Gasteiger partial charge on any atom is -0.343 e. The normalized spacial score (nSPS) is 15.8. The lowest BCUT2D eigenvalue weighted by Gasteiger charge is -2.29. The summed E-state index contributed by atoms with van der Waals surface area (Å²) < 4.78 is 81.6. The quantitative estimate of drug-likeness (QED) is 0.546. The van der Waals surface area contributed by atoms with Gasteiger partial charge in [0.05, 0.1) is 6.04 Å². The van der Waals surface area contributed by atoms with Crippen molar-refractivity contribution in [3.8, 4) is 0 Å². The fourth-order valence-electron chi connectivity index (χ4n) is 3.34. The van der Waals surface area contributed by atoms with E-state index < -0.39 is 44.2 Å². The molecule has 162 valence electrons. The lowest BCUT2D eigenvalue weighted by molar-refractivity contribution is -0.132. The molecule has 1 saturated heterocycles. The molecule has 1 atom stereocenters. The fraction of sp³-hybridized carbons (Fsp3) is 0.350. The van der Waals surface area contributed by atoms with Crippen molar-refractivity contribution in [3.05, 3.63) is 65.2 Å². The Hall–Kier alpha value is -2.46. The Balaban J connectivity index is 1.90. The number of amides is 1. The second-order valence-electron chi connectivity index (χ2n) is 7.04. The average molecular weight is 444 g/mol. The molecule has 1 aliphatic heterocycles. The lowest BCUT2D eigenvalue weighted by Crippen LogP contribution is -2.39. The Morgan fingerprint density at radius 1 is 0.933 bits per heavy atom. The van der Waals surface area contributed by atoms with Crippen molar-refractivity contribution >= 4 is 15.9 Å². The zero-order valence-electron chi connectivity index (χ0n) is 15.9. The van der Waals surface area contributed by atoms with E-state index in [4.69, 9.17) is 0 Å². The van der Waals surface area contributed by atoms with Crippen LogP contribution in [0.15, 0.2) is 41.3 Å². The van der Waals surface area contributed by atoms with Crippen LogP contribution in [0.25, 0.3) is 0 Å². The Morgan fingerprint density at radius 3 is 2.20 bits per heavy atom. The fourth-order valence-corrected chi connectivity index (χ4v) is 4.63. The van der Waals surface area contributed by atoms with E-state index in [2.05, 4.69) is 4.72 Å². The van der Waals surface area contributed by atoms with Gasteiger partial charge in [0.25, 0.3) is 0 Å². The van der Waals surface area contributed by atoms with Crippen molar-refractivity contribution in [2.24, 2.45) is 0 Å². The molecule has 0 aromatic heterocycles. The summed E-state index contributed by atoms with van der Waals surface area (Å²) in [7, 11) is -4.66. The molecule has 1 amide bonds. The van der Waals surface area contributed by atoms with Gasteiger partial charge < -0.3 is 4.90 Å². The first-order chi connectivity index (χ1) is 14.2. The molecule has 30 heavy (non-hydrogen) atoms. The number of carbonyl (C=O) groups excluding carboxylic acids is 1. The van der Waals surface area contributed by atoms with E-state index in [9.17, 15) is 30.8 Å². The summed E-state index contributed by atoms with van der Waals surface area (Å²) >= 11 is 0. The molecule has 3 rings (SSSR count). The van der Waals surface area contributed by atoms with Gasteiger partial charge in [-0.15, -0.1) is 0 Å². The van der Waals surface area contributed by atoms with Crippen LogP contribution in [0.2, 0.25) is 0 Å². The van der Waals surface area contributed by atoms with E-state index in [-0.39, 0.29) is 17.9 Å². The Morgan fingerprint density at radius 2 is 1.57 bits per heavy atom. The third-order valence-corrected chi connectivity index (χ3v) is 6.44. The van der Waals surface area contributed by atoms with Gasteiger partial charge in [0, 0.05) is 19.5 Å². The van der Waals surface area contributed by atoms with Gasteiger partial charge in [0.15, 0.2) is 17.5 Å². The van der Waals surface area contributed by atoms with E-state index in [0.29, 0.717) is 25.2 Å². The minimum atomic E-state index is -4.66. The Labute approximate surface area is 171 Å². The summed E-state index contributed by atoms with van der Waals surface area (Å²) in [6, 6.07) is 4.74. The molecular formula is C20H20F4N2O3S. The molecule has 2 aromatic rings. The maximum atomic E-state index is 14.1. The Kier molecular flexibility index (Phi) is 6.77. The van der Waals surface area contributed by atoms with E-state index in [1.54, 1.807) is 4.90 Å². The second-order valence-corrected chi connectivity index (χ2v) is 8.73. The van der Waals surface area contributed by atoms with Crippen molar-refractivity contribution in [2.75, 3.05) is 13.1 Å². The Bertz CT molecular complexity index is 1020. The number of nitrogens with zero attached hydrogens (tertiary/aromatic N) is 1. The van der Waals surface area contributed by atoms with Crippen molar-refractivity contribution in [1.82, 2.24) is 9.62 Å². The van der Waals surface area contributed by atoms with Crippen LogP contribution in [-0.4, -0.2) is 32.3 Å². The summed E-state index contributed by atoms with van der Waals surface area (Å²) in [4.78, 5) is 13.2. The van der Waals surface area contributed by atoms with E-state index in [0.717, 1.165) is 31.4 Å². The molecule has 0 aliphatic carbocycles. The summed E-state index contributed by atoms with van der Waals surface area (Å²) in [6.07, 6.45) is 2.36. The number of likely N-dealkylation sites (tertiary alicyclic amines) is 1. The number of halogens is 4. The van der Waals surface area contributed by atoms with Gasteiger partial charge in [0.1, 0.15) is 10.7 Å². The minimum absolute atomic E-state index is 0.272. The number of rotatable bonds is 6. The smallest absolute Gasteiger partial charge is 0.244 e. The van der Waals surface area contributed by atoms with Gasteiger partial charge in [-0.2, -0.15) is 0 Å². The SMILES string of the molecule is O=C(C[C@H](NS(=O)(=O)c1ccc(F)c(F)c1F)c1ccc(F)cc1)N1CCCCC1. The van der Waals surface area contributed by atoms with Crippen LogP contribution in [-0.2, 0) is 14.8 Å². The van der Waals surface area contributed by atoms with E-state index >= 15 is 0 Å². The average Bonchev–Trinajstić information content (AvgIpc) is 2.72. The lowest BCUT2D eigenvalue weighted by atomic mass is 10.0. The van der Waals surface area contributed by atoms with Crippen LogP contribution < -0.4 is 4.72 Å². The summed E-state index contributed by atoms with van der Waals surface area (Å²) in [5.74, 6) is -6.18. The van der Waals surface area contributed by atoms with Crippen LogP contribution >= 0.6 is 0 Å². The van der Waals surface area contributed by atoms with Crippen LogP contribution in [0.1, 0.15) is 37.3 Å². The third kappa shape index (κ3) is 4.99. The van der Waals surface area contributed by atoms with Gasteiger partial charge in [-0.25, -0.2) is 30.7 Å². The predicted molar refractivity (Wildman–Crippen MR) is 101 cm³/mol. The highest BCUT2D eigenvalue weighted by atomic mass is 32.2. The largest absolute Gasteiger partial charge is 0.343 e. The monoisotopic (exact) mass is 444 g/mol. The van der Waals surface area contributed by atoms with Crippen LogP contribution in [0.3, 0.4) is 0 Å². The molecular weight excluding hydrogens is 424 g/mol. The first-order valence-electron chi connectivity index (χ1n) is 9.38. The van der Waals surface area contributed by atoms with Crippen LogP contribution in [0.5, 0.6) is 0 Å². The van der Waals surface area contributed by atoms with E-state index in [1.165, 1.54) is 12.1 Å². The van der Waals surface area contributed by atoms with Crippen molar-refractivity contribution in [3.63, 3.8) is 0 Å². The molecule has 10 heteroatoms. The molecule has 0 radical (unpaired) electrons. The third-order valence-electron chi connectivity index (χ3n) is 4.95. The second kappa shape index (κ2) is 9.13. The van der Waals surface area contributed by atoms with Gasteiger partial charge in [0.2, 0.25) is 15.9 Å². The molecule has 1 fully saturated rings. The van der Waals surface area contributed by atoms with Gasteiger partial charge in [-0.05, 0) is 49.1 Å². The van der Waals surface area contributed by atoms with E-state index in [1.807, 2.05) is 0 Å². The first-order valence-corrected chi connectivity index (χ1v) is 10.9. The molecule has 1 heterocycles. The standard InChI is InChI=1S/C20H20F4N2O3S/c21-14-6-4-13(5-7-14)16(12-18(27)26-10-2-1-3-11-26)25-30(28,29)17-9-8-15(22)19(23)20(17)24/h4-9,16,25H,1-3,10-12H2/t16-/m0/s1. The number of sulfonamides is 1. The predicted octanol–water partition coefficient (Wildman–Crippen LogP) is 3.67.